The number of nitrogens with zero attached hydrogens (tertiary/aromatic N) is 1. The summed E-state index contributed by atoms with van der Waals surface area (Å²) >= 11 is 7.52. The number of fused-ring (bicyclic) bond motifs is 2. The van der Waals surface area contributed by atoms with Crippen LogP contribution in [0, 0.1) is 0 Å². The number of halogens is 2. The van der Waals surface area contributed by atoms with E-state index >= 15 is 0 Å². The quantitative estimate of drug-likeness (QED) is 0.536. The minimum Gasteiger partial charge on any atom is -0.449 e. The molecule has 2 atom stereocenters. The standard InChI is InChI=1S/C17H15Br2NO2/c1-2-22-17(21)20-13-9-5-3-7-11(13)15(18)16(19)12-8-4-6-10-14(12)20/h3-10,15-16H,2H2,1H3. The number of hydrogen-bond acceptors (Lipinski definition) is 2. The molecule has 0 aromatic heterocycles. The van der Waals surface area contributed by atoms with E-state index in [0.29, 0.717) is 6.61 Å². The van der Waals surface area contributed by atoms with Gasteiger partial charge in [0.2, 0.25) is 0 Å². The lowest BCUT2D eigenvalue weighted by molar-refractivity contribution is 0.162. The Morgan fingerprint density at radius 1 is 1.00 bits per heavy atom. The Bertz CT molecular complexity index is 653. The van der Waals surface area contributed by atoms with Crippen molar-refractivity contribution in [1.82, 2.24) is 0 Å². The van der Waals surface area contributed by atoms with E-state index in [0.717, 1.165) is 22.5 Å². The molecule has 0 radical (unpaired) electrons. The molecule has 0 N–H and O–H groups in total. The Kier molecular flexibility index (Phi) is 4.54. The molecule has 2 aromatic carbocycles. The largest absolute Gasteiger partial charge is 0.449 e. The fraction of sp³-hybridized carbons (Fsp3) is 0.235. The van der Waals surface area contributed by atoms with E-state index < -0.39 is 0 Å². The van der Waals surface area contributed by atoms with Crippen molar-refractivity contribution in [1.29, 1.82) is 0 Å². The van der Waals surface area contributed by atoms with Gasteiger partial charge in [-0.05, 0) is 30.2 Å². The summed E-state index contributed by atoms with van der Waals surface area (Å²) in [6.07, 6.45) is -0.358. The zero-order valence-corrected chi connectivity index (χ0v) is 15.2. The van der Waals surface area contributed by atoms with Crippen molar-refractivity contribution >= 4 is 49.3 Å². The minimum absolute atomic E-state index is 0.0595. The van der Waals surface area contributed by atoms with Crippen molar-refractivity contribution in [2.75, 3.05) is 11.5 Å². The summed E-state index contributed by atoms with van der Waals surface area (Å²) in [5, 5.41) is 0. The number of ether oxygens (including phenoxy) is 1. The van der Waals surface area contributed by atoms with E-state index in [4.69, 9.17) is 4.74 Å². The summed E-state index contributed by atoms with van der Waals surface area (Å²) in [6.45, 7) is 2.16. The van der Waals surface area contributed by atoms with Crippen LogP contribution in [0.15, 0.2) is 48.5 Å². The van der Waals surface area contributed by atoms with Gasteiger partial charge in [0.1, 0.15) is 0 Å². The maximum Gasteiger partial charge on any atom is 0.418 e. The first-order valence-corrected chi connectivity index (χ1v) is 8.91. The number of carbonyl (C=O) groups excluding carboxylic acids is 1. The Labute approximate surface area is 146 Å². The van der Waals surface area contributed by atoms with E-state index in [9.17, 15) is 4.79 Å². The average Bonchev–Trinajstić information content (AvgIpc) is 2.63. The molecule has 2 unspecified atom stereocenters. The highest BCUT2D eigenvalue weighted by Gasteiger charge is 2.34. The lowest BCUT2D eigenvalue weighted by Crippen LogP contribution is -2.27. The summed E-state index contributed by atoms with van der Waals surface area (Å²) in [6, 6.07) is 15.8. The SMILES string of the molecule is CCOC(=O)N1c2ccccc2C(Br)C(Br)c2ccccc21. The van der Waals surface area contributed by atoms with Gasteiger partial charge >= 0.3 is 6.09 Å². The zero-order valence-electron chi connectivity index (χ0n) is 12.0. The van der Waals surface area contributed by atoms with E-state index in [-0.39, 0.29) is 15.7 Å². The maximum absolute atomic E-state index is 12.6. The van der Waals surface area contributed by atoms with Crippen LogP contribution in [-0.4, -0.2) is 12.7 Å². The number of benzene rings is 2. The highest BCUT2D eigenvalue weighted by Crippen LogP contribution is 2.52. The molecule has 1 aliphatic rings. The van der Waals surface area contributed by atoms with Gasteiger partial charge in [-0.15, -0.1) is 0 Å². The predicted molar refractivity (Wildman–Crippen MR) is 95.4 cm³/mol. The summed E-state index contributed by atoms with van der Waals surface area (Å²) in [5.41, 5.74) is 3.79. The van der Waals surface area contributed by atoms with Gasteiger partial charge < -0.3 is 4.74 Å². The van der Waals surface area contributed by atoms with Gasteiger partial charge in [-0.2, -0.15) is 0 Å². The van der Waals surface area contributed by atoms with Crippen LogP contribution in [0.1, 0.15) is 27.7 Å². The molecule has 114 valence electrons. The molecule has 1 heterocycles. The van der Waals surface area contributed by atoms with E-state index in [1.807, 2.05) is 55.5 Å². The number of anilines is 2. The number of amides is 1. The molecule has 2 aromatic rings. The summed E-state index contributed by atoms with van der Waals surface area (Å²) in [7, 11) is 0. The lowest BCUT2D eigenvalue weighted by atomic mass is 10.0. The zero-order chi connectivity index (χ0) is 15.7. The fourth-order valence-electron chi connectivity index (χ4n) is 2.68. The second-order valence-corrected chi connectivity index (χ2v) is 6.93. The van der Waals surface area contributed by atoms with Crippen molar-refractivity contribution in [2.45, 2.75) is 16.6 Å². The fourth-order valence-corrected chi connectivity index (χ4v) is 4.02. The lowest BCUT2D eigenvalue weighted by Gasteiger charge is -2.24. The molecular formula is C17H15Br2NO2. The van der Waals surface area contributed by atoms with Gasteiger partial charge in [-0.1, -0.05) is 68.3 Å². The second-order valence-electron chi connectivity index (χ2n) is 4.96. The van der Waals surface area contributed by atoms with Gasteiger partial charge in [-0.3, -0.25) is 0 Å². The number of carbonyl (C=O) groups is 1. The Morgan fingerprint density at radius 2 is 1.45 bits per heavy atom. The molecule has 0 bridgehead atoms. The first kappa shape index (κ1) is 15.6. The third-order valence-electron chi connectivity index (χ3n) is 3.66. The Balaban J connectivity index is 2.26. The summed E-state index contributed by atoms with van der Waals surface area (Å²) in [4.78, 5) is 14.3. The van der Waals surface area contributed by atoms with Crippen molar-refractivity contribution in [3.05, 3.63) is 59.7 Å². The molecule has 5 heteroatoms. The maximum atomic E-state index is 12.6. The van der Waals surface area contributed by atoms with Crippen molar-refractivity contribution in [3.8, 4) is 0 Å². The normalized spacial score (nSPS) is 19.9. The molecule has 1 aliphatic heterocycles. The molecule has 0 saturated carbocycles. The molecule has 22 heavy (non-hydrogen) atoms. The molecular weight excluding hydrogens is 410 g/mol. The molecule has 0 spiro atoms. The number of rotatable bonds is 1. The van der Waals surface area contributed by atoms with Gasteiger partial charge in [0.15, 0.2) is 0 Å². The van der Waals surface area contributed by atoms with Gasteiger partial charge in [0.25, 0.3) is 0 Å². The van der Waals surface area contributed by atoms with Crippen LogP contribution in [-0.2, 0) is 4.74 Å². The average molecular weight is 425 g/mol. The van der Waals surface area contributed by atoms with Crippen molar-refractivity contribution < 1.29 is 9.53 Å². The van der Waals surface area contributed by atoms with Crippen LogP contribution < -0.4 is 4.90 Å². The summed E-state index contributed by atoms with van der Waals surface area (Å²) in [5.74, 6) is 0. The van der Waals surface area contributed by atoms with E-state index in [1.165, 1.54) is 0 Å². The number of para-hydroxylation sites is 2. The molecule has 3 rings (SSSR count). The smallest absolute Gasteiger partial charge is 0.418 e. The Hall–Kier alpha value is -1.33. The van der Waals surface area contributed by atoms with E-state index in [1.54, 1.807) is 4.90 Å². The van der Waals surface area contributed by atoms with Crippen LogP contribution >= 0.6 is 31.9 Å². The van der Waals surface area contributed by atoms with Crippen LogP contribution in [0.25, 0.3) is 0 Å². The van der Waals surface area contributed by atoms with Crippen LogP contribution in [0.3, 0.4) is 0 Å². The monoisotopic (exact) mass is 423 g/mol. The first-order valence-electron chi connectivity index (χ1n) is 7.08. The molecule has 0 fully saturated rings. The van der Waals surface area contributed by atoms with Crippen LogP contribution in [0.5, 0.6) is 0 Å². The highest BCUT2D eigenvalue weighted by molar-refractivity contribution is 9.12. The third kappa shape index (κ3) is 2.57. The van der Waals surface area contributed by atoms with Crippen LogP contribution in [0.4, 0.5) is 16.2 Å². The molecule has 0 aliphatic carbocycles. The third-order valence-corrected chi connectivity index (χ3v) is 6.41. The first-order chi connectivity index (χ1) is 10.6. The predicted octanol–water partition coefficient (Wildman–Crippen LogP) is 5.87. The minimum atomic E-state index is -0.358. The topological polar surface area (TPSA) is 29.5 Å². The second kappa shape index (κ2) is 6.42. The molecule has 1 amide bonds. The van der Waals surface area contributed by atoms with E-state index in [2.05, 4.69) is 31.9 Å². The number of hydrogen-bond donors (Lipinski definition) is 0. The number of alkyl halides is 2. The van der Waals surface area contributed by atoms with Crippen molar-refractivity contribution in [2.24, 2.45) is 0 Å². The van der Waals surface area contributed by atoms with Gasteiger partial charge in [-0.25, -0.2) is 9.69 Å². The van der Waals surface area contributed by atoms with Gasteiger partial charge in [0.05, 0.1) is 27.6 Å². The highest BCUT2D eigenvalue weighted by atomic mass is 79.9. The molecule has 0 saturated heterocycles. The van der Waals surface area contributed by atoms with Crippen LogP contribution in [0.2, 0.25) is 0 Å². The Morgan fingerprint density at radius 3 is 1.91 bits per heavy atom. The molecule has 3 nitrogen and oxygen atoms in total. The van der Waals surface area contributed by atoms with Crippen molar-refractivity contribution in [3.63, 3.8) is 0 Å². The summed E-state index contributed by atoms with van der Waals surface area (Å²) < 4.78 is 5.28. The van der Waals surface area contributed by atoms with Gasteiger partial charge in [0, 0.05) is 0 Å².